The lowest BCUT2D eigenvalue weighted by Gasteiger charge is -2.10. The number of anilines is 1. The number of hydrogen-bond acceptors (Lipinski definition) is 6. The fourth-order valence-corrected chi connectivity index (χ4v) is 3.43. The molecule has 0 saturated carbocycles. The number of sulfonamides is 1. The van der Waals surface area contributed by atoms with Gasteiger partial charge in [0.05, 0.1) is 11.0 Å². The molecular weight excluding hydrogens is 332 g/mol. The van der Waals surface area contributed by atoms with Crippen molar-refractivity contribution in [2.75, 3.05) is 11.3 Å². The van der Waals surface area contributed by atoms with E-state index < -0.39 is 10.0 Å². The van der Waals surface area contributed by atoms with Crippen LogP contribution in [0.1, 0.15) is 38.5 Å². The van der Waals surface area contributed by atoms with E-state index in [4.69, 9.17) is 14.0 Å². The first-order valence-electron chi connectivity index (χ1n) is 7.82. The highest BCUT2D eigenvalue weighted by Gasteiger charge is 2.23. The molecule has 0 amide bonds. The van der Waals surface area contributed by atoms with E-state index in [-0.39, 0.29) is 23.0 Å². The fraction of sp³-hybridized carbons (Fsp3) is 0.438. The van der Waals surface area contributed by atoms with Gasteiger partial charge in [-0.3, -0.25) is 0 Å². The Bertz CT molecular complexity index is 777. The van der Waals surface area contributed by atoms with E-state index in [2.05, 4.69) is 9.88 Å². The number of ether oxygens (including phenoxy) is 2. The van der Waals surface area contributed by atoms with Gasteiger partial charge in [-0.1, -0.05) is 5.16 Å². The lowest BCUT2D eigenvalue weighted by molar-refractivity contribution is 0.105. The molecule has 1 aliphatic heterocycles. The summed E-state index contributed by atoms with van der Waals surface area (Å²) in [7, 11) is -3.75. The van der Waals surface area contributed by atoms with E-state index in [1.165, 1.54) is 12.1 Å². The van der Waals surface area contributed by atoms with Gasteiger partial charge in [-0.25, -0.2) is 13.1 Å². The summed E-state index contributed by atoms with van der Waals surface area (Å²) in [6.07, 6.45) is 1.72. The largest absolute Gasteiger partial charge is 0.491 e. The molecule has 1 unspecified atom stereocenters. The molecule has 1 aromatic heterocycles. The zero-order chi connectivity index (χ0) is 17.2. The molecule has 0 radical (unpaired) electrons. The molecule has 130 valence electrons. The smallest absolute Gasteiger partial charge is 0.264 e. The van der Waals surface area contributed by atoms with Crippen LogP contribution in [0.2, 0.25) is 0 Å². The van der Waals surface area contributed by atoms with Crippen LogP contribution in [0.5, 0.6) is 5.75 Å². The van der Waals surface area contributed by atoms with Crippen LogP contribution in [0, 0.1) is 0 Å². The van der Waals surface area contributed by atoms with Gasteiger partial charge in [-0.15, -0.1) is 0 Å². The maximum atomic E-state index is 12.4. The summed E-state index contributed by atoms with van der Waals surface area (Å²) in [6.45, 7) is 4.49. The Balaban J connectivity index is 1.71. The van der Waals surface area contributed by atoms with Gasteiger partial charge in [0, 0.05) is 12.7 Å². The summed E-state index contributed by atoms with van der Waals surface area (Å²) in [4.78, 5) is 0.119. The number of nitrogens with one attached hydrogen (secondary N) is 1. The molecule has 1 aliphatic rings. The van der Waals surface area contributed by atoms with E-state index >= 15 is 0 Å². The van der Waals surface area contributed by atoms with Crippen LogP contribution in [-0.2, 0) is 14.8 Å². The lowest BCUT2D eigenvalue weighted by Crippen LogP contribution is -2.12. The average molecular weight is 352 g/mol. The van der Waals surface area contributed by atoms with Crippen molar-refractivity contribution in [3.05, 3.63) is 36.0 Å². The highest BCUT2D eigenvalue weighted by Crippen LogP contribution is 2.29. The third kappa shape index (κ3) is 3.88. The molecule has 1 N–H and O–H groups in total. The van der Waals surface area contributed by atoms with Crippen molar-refractivity contribution in [1.29, 1.82) is 0 Å². The summed E-state index contributed by atoms with van der Waals surface area (Å²) < 4.78 is 43.2. The van der Waals surface area contributed by atoms with Crippen LogP contribution in [-0.4, -0.2) is 26.3 Å². The van der Waals surface area contributed by atoms with E-state index in [1.807, 2.05) is 13.8 Å². The maximum absolute atomic E-state index is 12.4. The Morgan fingerprint density at radius 3 is 2.67 bits per heavy atom. The first-order chi connectivity index (χ1) is 11.4. The third-order valence-corrected chi connectivity index (χ3v) is 4.89. The second-order valence-corrected chi connectivity index (χ2v) is 7.54. The minimum Gasteiger partial charge on any atom is -0.491 e. The molecule has 2 aromatic rings. The van der Waals surface area contributed by atoms with Crippen molar-refractivity contribution in [3.63, 3.8) is 0 Å². The molecular formula is C16H20N2O5S. The summed E-state index contributed by atoms with van der Waals surface area (Å²) in [5.41, 5.74) is 0.603. The molecule has 1 fully saturated rings. The van der Waals surface area contributed by atoms with E-state index in [9.17, 15) is 8.42 Å². The highest BCUT2D eigenvalue weighted by molar-refractivity contribution is 7.92. The zero-order valence-electron chi connectivity index (χ0n) is 13.6. The Morgan fingerprint density at radius 2 is 2.04 bits per heavy atom. The van der Waals surface area contributed by atoms with Crippen molar-refractivity contribution in [3.8, 4) is 5.75 Å². The summed E-state index contributed by atoms with van der Waals surface area (Å²) in [5, 5.41) is 3.88. The van der Waals surface area contributed by atoms with Crippen LogP contribution < -0.4 is 9.46 Å². The Morgan fingerprint density at radius 1 is 1.29 bits per heavy atom. The topological polar surface area (TPSA) is 90.7 Å². The Kier molecular flexibility index (Phi) is 4.77. The minimum absolute atomic E-state index is 0.0241. The van der Waals surface area contributed by atoms with Crippen LogP contribution in [0.25, 0.3) is 0 Å². The molecule has 24 heavy (non-hydrogen) atoms. The molecule has 0 aliphatic carbocycles. The predicted molar refractivity (Wildman–Crippen MR) is 87.4 cm³/mol. The quantitative estimate of drug-likeness (QED) is 0.859. The molecule has 1 atom stereocenters. The van der Waals surface area contributed by atoms with E-state index in [0.717, 1.165) is 12.8 Å². The van der Waals surface area contributed by atoms with Crippen LogP contribution in [0.4, 0.5) is 5.88 Å². The number of hydrogen-bond donors (Lipinski definition) is 1. The summed E-state index contributed by atoms with van der Waals surface area (Å²) in [5.74, 6) is 0.687. The van der Waals surface area contributed by atoms with Crippen molar-refractivity contribution >= 4 is 15.9 Å². The lowest BCUT2D eigenvalue weighted by atomic mass is 10.2. The summed E-state index contributed by atoms with van der Waals surface area (Å²) in [6, 6.07) is 7.76. The normalized spacial score (nSPS) is 18.0. The van der Waals surface area contributed by atoms with Gasteiger partial charge in [0.15, 0.2) is 0 Å². The van der Waals surface area contributed by atoms with Gasteiger partial charge >= 0.3 is 0 Å². The van der Waals surface area contributed by atoms with Gasteiger partial charge < -0.3 is 14.0 Å². The average Bonchev–Trinajstić information content (AvgIpc) is 3.17. The molecule has 0 bridgehead atoms. The van der Waals surface area contributed by atoms with Gasteiger partial charge in [-0.2, -0.15) is 0 Å². The Hall–Kier alpha value is -2.06. The van der Waals surface area contributed by atoms with E-state index in [1.54, 1.807) is 18.2 Å². The number of nitrogens with zero attached hydrogens (tertiary/aromatic N) is 1. The van der Waals surface area contributed by atoms with Crippen molar-refractivity contribution in [2.24, 2.45) is 0 Å². The zero-order valence-corrected chi connectivity index (χ0v) is 14.4. The third-order valence-electron chi connectivity index (χ3n) is 3.53. The first kappa shape index (κ1) is 16.8. The van der Waals surface area contributed by atoms with Gasteiger partial charge in [0.25, 0.3) is 10.0 Å². The number of benzene rings is 1. The van der Waals surface area contributed by atoms with Crippen molar-refractivity contribution in [2.45, 2.75) is 43.8 Å². The maximum Gasteiger partial charge on any atom is 0.264 e. The van der Waals surface area contributed by atoms with Gasteiger partial charge in [0.1, 0.15) is 17.5 Å². The number of rotatable bonds is 6. The molecule has 0 spiro atoms. The SMILES string of the molecule is CC(C)Oc1ccc(S(=O)(=O)Nc2cc(C3CCCO3)no2)cc1. The molecule has 7 nitrogen and oxygen atoms in total. The van der Waals surface area contributed by atoms with Gasteiger partial charge in [-0.05, 0) is 51.0 Å². The minimum atomic E-state index is -3.75. The summed E-state index contributed by atoms with van der Waals surface area (Å²) >= 11 is 0. The van der Waals surface area contributed by atoms with Crippen molar-refractivity contribution < 1.29 is 22.4 Å². The second kappa shape index (κ2) is 6.82. The first-order valence-corrected chi connectivity index (χ1v) is 9.30. The molecule has 3 rings (SSSR count). The molecule has 1 saturated heterocycles. The van der Waals surface area contributed by atoms with Gasteiger partial charge in [0.2, 0.25) is 5.88 Å². The van der Waals surface area contributed by atoms with Crippen molar-refractivity contribution in [1.82, 2.24) is 5.16 Å². The Labute approximate surface area is 141 Å². The standard InChI is InChI=1S/C16H20N2O5S/c1-11(2)22-12-5-7-13(8-6-12)24(19,20)18-16-10-14(17-23-16)15-4-3-9-21-15/h5-8,10-11,15,18H,3-4,9H2,1-2H3. The van der Waals surface area contributed by atoms with Crippen LogP contribution >= 0.6 is 0 Å². The molecule has 8 heteroatoms. The molecule has 1 aromatic carbocycles. The monoisotopic (exact) mass is 352 g/mol. The van der Waals surface area contributed by atoms with Crippen LogP contribution in [0.15, 0.2) is 39.8 Å². The highest BCUT2D eigenvalue weighted by atomic mass is 32.2. The van der Waals surface area contributed by atoms with E-state index in [0.29, 0.717) is 18.1 Å². The predicted octanol–water partition coefficient (Wildman–Crippen LogP) is 3.11. The molecule has 2 heterocycles. The van der Waals surface area contributed by atoms with Crippen LogP contribution in [0.3, 0.4) is 0 Å². The fourth-order valence-electron chi connectivity index (χ4n) is 2.46. The second-order valence-electron chi connectivity index (χ2n) is 5.86. The number of aromatic nitrogens is 1.